The fraction of sp³-hybridized carbons (Fsp3) is 0.286. The first kappa shape index (κ1) is 18.6. The normalized spacial score (nSPS) is 11.3. The first-order valence-corrected chi connectivity index (χ1v) is 7.44. The number of carbonyl (C=O) groups is 2. The second-order valence-corrected chi connectivity index (χ2v) is 5.39. The highest BCUT2D eigenvalue weighted by Gasteiger charge is 2.16. The summed E-state index contributed by atoms with van der Waals surface area (Å²) in [6.07, 6.45) is -0.729. The molecule has 0 aromatic heterocycles. The van der Waals surface area contributed by atoms with Crippen LogP contribution in [0.25, 0.3) is 0 Å². The second-order valence-electron chi connectivity index (χ2n) is 4.07. The summed E-state index contributed by atoms with van der Waals surface area (Å²) in [5.74, 6) is -0.626. The molecule has 1 rings (SSSR count). The van der Waals surface area contributed by atoms with Crippen molar-refractivity contribution in [2.75, 3.05) is 11.9 Å². The van der Waals surface area contributed by atoms with Gasteiger partial charge in [-0.15, -0.1) is 0 Å². The van der Waals surface area contributed by atoms with Gasteiger partial charge in [-0.1, -0.05) is 34.8 Å². The number of hydrogen-bond donors (Lipinski definition) is 1. The minimum atomic E-state index is -0.729. The van der Waals surface area contributed by atoms with Crippen molar-refractivity contribution in [3.8, 4) is 5.75 Å². The quantitative estimate of drug-likeness (QED) is 0.613. The van der Waals surface area contributed by atoms with E-state index >= 15 is 0 Å². The molecule has 0 bridgehead atoms. The molecule has 1 N–H and O–H groups in total. The Balaban J connectivity index is 2.66. The first-order chi connectivity index (χ1) is 10.3. The van der Waals surface area contributed by atoms with Gasteiger partial charge < -0.3 is 14.8 Å². The minimum absolute atomic E-state index is 0.287. The zero-order valence-corrected chi connectivity index (χ0v) is 14.1. The van der Waals surface area contributed by atoms with Crippen molar-refractivity contribution in [1.82, 2.24) is 0 Å². The van der Waals surface area contributed by atoms with Crippen LogP contribution >= 0.6 is 34.8 Å². The molecular weight excluding hydrogens is 353 g/mol. The van der Waals surface area contributed by atoms with Crippen LogP contribution in [0.2, 0.25) is 0 Å². The van der Waals surface area contributed by atoms with Gasteiger partial charge in [0, 0.05) is 5.69 Å². The van der Waals surface area contributed by atoms with Crippen LogP contribution in [0.4, 0.5) is 5.69 Å². The van der Waals surface area contributed by atoms with Gasteiger partial charge in [0.05, 0.1) is 6.61 Å². The van der Waals surface area contributed by atoms with Crippen LogP contribution in [0.15, 0.2) is 33.8 Å². The van der Waals surface area contributed by atoms with E-state index in [9.17, 15) is 9.59 Å². The van der Waals surface area contributed by atoms with E-state index in [0.717, 1.165) is 0 Å². The van der Waals surface area contributed by atoms with Crippen LogP contribution in [0.1, 0.15) is 13.8 Å². The number of carbonyl (C=O) groups excluding carboxylic acids is 2. The van der Waals surface area contributed by atoms with Crippen LogP contribution in [0.3, 0.4) is 0 Å². The number of hydrogen-bond acceptors (Lipinski definition) is 4. The Morgan fingerprint density at radius 1 is 1.18 bits per heavy atom. The van der Waals surface area contributed by atoms with Crippen LogP contribution in [0, 0.1) is 0 Å². The predicted molar refractivity (Wildman–Crippen MR) is 86.4 cm³/mol. The standard InChI is InChI=1S/C14H14Cl3NO4/c1-3-21-14(20)8(2)22-10-6-4-9(5-7-10)18-13(19)11(15)12(16)17/h4-8H,3H2,1-2H3,(H,18,19)/t8-/m0/s1. The van der Waals surface area contributed by atoms with Crippen molar-refractivity contribution < 1.29 is 19.1 Å². The van der Waals surface area contributed by atoms with E-state index in [1.54, 1.807) is 38.1 Å². The average molecular weight is 367 g/mol. The van der Waals surface area contributed by atoms with Crippen molar-refractivity contribution in [3.63, 3.8) is 0 Å². The lowest BCUT2D eigenvalue weighted by atomic mass is 10.3. The highest BCUT2D eigenvalue weighted by Crippen LogP contribution is 2.21. The maximum atomic E-state index is 11.6. The Kier molecular flexibility index (Phi) is 7.51. The molecule has 0 aliphatic heterocycles. The third-order valence-electron chi connectivity index (χ3n) is 2.41. The fourth-order valence-corrected chi connectivity index (χ4v) is 1.62. The number of amides is 1. The molecule has 1 aromatic carbocycles. The molecule has 0 spiro atoms. The Labute approximate surface area is 143 Å². The van der Waals surface area contributed by atoms with Crippen LogP contribution in [0.5, 0.6) is 5.75 Å². The Morgan fingerprint density at radius 3 is 2.27 bits per heavy atom. The number of nitrogens with one attached hydrogen (secondary N) is 1. The van der Waals surface area contributed by atoms with Gasteiger partial charge >= 0.3 is 5.97 Å². The zero-order chi connectivity index (χ0) is 16.7. The monoisotopic (exact) mass is 365 g/mol. The number of benzene rings is 1. The Bertz CT molecular complexity index is 568. The molecule has 0 radical (unpaired) electrons. The lowest BCUT2D eigenvalue weighted by molar-refractivity contribution is -0.150. The summed E-state index contributed by atoms with van der Waals surface area (Å²) in [5, 5.41) is 2.20. The molecule has 0 fully saturated rings. The van der Waals surface area contributed by atoms with Gasteiger partial charge in [-0.25, -0.2) is 4.79 Å². The van der Waals surface area contributed by atoms with Gasteiger partial charge in [0.2, 0.25) is 0 Å². The van der Waals surface area contributed by atoms with Gasteiger partial charge in [0.15, 0.2) is 6.10 Å². The number of rotatable bonds is 6. The lowest BCUT2D eigenvalue weighted by Crippen LogP contribution is -2.26. The summed E-state index contributed by atoms with van der Waals surface area (Å²) in [6.45, 7) is 3.59. The molecule has 1 aromatic rings. The van der Waals surface area contributed by atoms with E-state index in [2.05, 4.69) is 5.32 Å². The van der Waals surface area contributed by atoms with E-state index in [-0.39, 0.29) is 16.1 Å². The topological polar surface area (TPSA) is 64.6 Å². The molecular formula is C14H14Cl3NO4. The van der Waals surface area contributed by atoms with Gasteiger partial charge in [0.1, 0.15) is 15.3 Å². The van der Waals surface area contributed by atoms with E-state index in [1.165, 1.54) is 0 Å². The maximum Gasteiger partial charge on any atom is 0.347 e. The first-order valence-electron chi connectivity index (χ1n) is 6.30. The lowest BCUT2D eigenvalue weighted by Gasteiger charge is -2.13. The number of anilines is 1. The van der Waals surface area contributed by atoms with E-state index in [4.69, 9.17) is 44.3 Å². The summed E-state index contributed by atoms with van der Waals surface area (Å²) >= 11 is 16.4. The van der Waals surface area contributed by atoms with E-state index in [1.807, 2.05) is 0 Å². The number of halogens is 3. The third-order valence-corrected chi connectivity index (χ3v) is 3.34. The van der Waals surface area contributed by atoms with Crippen molar-refractivity contribution in [2.24, 2.45) is 0 Å². The van der Waals surface area contributed by atoms with Gasteiger partial charge in [0.25, 0.3) is 5.91 Å². The Morgan fingerprint density at radius 2 is 1.77 bits per heavy atom. The summed E-state index contributed by atoms with van der Waals surface area (Å²) in [6, 6.07) is 6.34. The molecule has 1 atom stereocenters. The van der Waals surface area contributed by atoms with Crippen molar-refractivity contribution in [2.45, 2.75) is 20.0 Å². The molecule has 0 heterocycles. The fourth-order valence-electron chi connectivity index (χ4n) is 1.40. The molecule has 0 saturated heterocycles. The Hall–Kier alpha value is -1.43. The summed E-state index contributed by atoms with van der Waals surface area (Å²) in [5.41, 5.74) is 0.467. The van der Waals surface area contributed by atoms with Crippen molar-refractivity contribution >= 4 is 52.4 Å². The highest BCUT2D eigenvalue weighted by atomic mass is 35.5. The zero-order valence-electron chi connectivity index (χ0n) is 11.9. The van der Waals surface area contributed by atoms with E-state index < -0.39 is 18.0 Å². The number of ether oxygens (including phenoxy) is 2. The molecule has 8 heteroatoms. The summed E-state index contributed by atoms with van der Waals surface area (Å²) in [7, 11) is 0. The SMILES string of the molecule is CCOC(=O)[C@H](C)Oc1ccc(NC(=O)C(Cl)=C(Cl)Cl)cc1. The third kappa shape index (κ3) is 5.75. The van der Waals surface area contributed by atoms with Gasteiger partial charge in [-0.05, 0) is 38.1 Å². The second kappa shape index (κ2) is 8.88. The van der Waals surface area contributed by atoms with Crippen LogP contribution < -0.4 is 10.1 Å². The molecule has 1 amide bonds. The van der Waals surface area contributed by atoms with Gasteiger partial charge in [-0.2, -0.15) is 0 Å². The highest BCUT2D eigenvalue weighted by molar-refractivity contribution is 6.63. The predicted octanol–water partition coefficient (Wildman–Crippen LogP) is 3.84. The average Bonchev–Trinajstić information content (AvgIpc) is 2.48. The summed E-state index contributed by atoms with van der Waals surface area (Å²) in [4.78, 5) is 23.1. The van der Waals surface area contributed by atoms with Crippen molar-refractivity contribution in [1.29, 1.82) is 0 Å². The molecule has 0 aliphatic rings. The largest absolute Gasteiger partial charge is 0.479 e. The minimum Gasteiger partial charge on any atom is -0.479 e. The molecule has 0 saturated carbocycles. The molecule has 120 valence electrons. The smallest absolute Gasteiger partial charge is 0.347 e. The summed E-state index contributed by atoms with van der Waals surface area (Å²) < 4.78 is 9.93. The molecule has 5 nitrogen and oxygen atoms in total. The van der Waals surface area contributed by atoms with Gasteiger partial charge in [-0.3, -0.25) is 4.79 Å². The number of esters is 1. The van der Waals surface area contributed by atoms with E-state index in [0.29, 0.717) is 11.4 Å². The maximum absolute atomic E-state index is 11.6. The van der Waals surface area contributed by atoms with Crippen LogP contribution in [-0.4, -0.2) is 24.6 Å². The molecule has 0 unspecified atom stereocenters. The molecule has 0 aliphatic carbocycles. The molecule has 22 heavy (non-hydrogen) atoms. The van der Waals surface area contributed by atoms with Crippen molar-refractivity contribution in [3.05, 3.63) is 33.8 Å². The van der Waals surface area contributed by atoms with Crippen LogP contribution in [-0.2, 0) is 14.3 Å².